The summed E-state index contributed by atoms with van der Waals surface area (Å²) in [6.07, 6.45) is 2.67. The molecule has 1 unspecified atom stereocenters. The van der Waals surface area contributed by atoms with Crippen molar-refractivity contribution in [1.82, 2.24) is 4.31 Å². The molecule has 1 heterocycles. The number of anilines is 1. The van der Waals surface area contributed by atoms with E-state index in [1.807, 2.05) is 12.1 Å². The van der Waals surface area contributed by atoms with E-state index in [1.165, 1.54) is 16.4 Å². The Morgan fingerprint density at radius 2 is 1.61 bits per heavy atom. The monoisotopic (exact) mass is 422 g/mol. The minimum Gasteiger partial charge on any atom is -0.280 e. The third kappa shape index (κ3) is 4.39. The van der Waals surface area contributed by atoms with Gasteiger partial charge in [0.15, 0.2) is 0 Å². The molecule has 1 fully saturated rings. The second-order valence-electron chi connectivity index (χ2n) is 7.12. The summed E-state index contributed by atoms with van der Waals surface area (Å²) in [7, 11) is -7.40. The molecule has 0 amide bonds. The molecule has 1 atom stereocenters. The lowest BCUT2D eigenvalue weighted by Crippen LogP contribution is -2.27. The smallest absolute Gasteiger partial charge is 0.261 e. The summed E-state index contributed by atoms with van der Waals surface area (Å²) in [5.74, 6) is 0.359. The lowest BCUT2D eigenvalue weighted by Gasteiger charge is -2.16. The van der Waals surface area contributed by atoms with E-state index in [9.17, 15) is 16.8 Å². The molecule has 8 heteroatoms. The predicted molar refractivity (Wildman–Crippen MR) is 110 cm³/mol. The maximum absolute atomic E-state index is 12.7. The second-order valence-corrected chi connectivity index (χ2v) is 10.7. The van der Waals surface area contributed by atoms with Gasteiger partial charge in [-0.05, 0) is 61.1 Å². The Kier molecular flexibility index (Phi) is 6.12. The molecule has 0 bridgehead atoms. The first-order valence-corrected chi connectivity index (χ1v) is 12.4. The third-order valence-corrected chi connectivity index (χ3v) is 8.45. The van der Waals surface area contributed by atoms with E-state index in [0.717, 1.165) is 24.8 Å². The molecular formula is C20H26N2O4S2. The average Bonchev–Trinajstić information content (AvgIpc) is 3.23. The lowest BCUT2D eigenvalue weighted by molar-refractivity contribution is 0.477. The number of rotatable bonds is 7. The van der Waals surface area contributed by atoms with Crippen LogP contribution in [0, 0.1) is 0 Å². The van der Waals surface area contributed by atoms with Gasteiger partial charge in [0, 0.05) is 13.1 Å². The highest BCUT2D eigenvalue weighted by molar-refractivity contribution is 7.92. The van der Waals surface area contributed by atoms with Crippen LogP contribution in [-0.2, 0) is 20.0 Å². The van der Waals surface area contributed by atoms with Crippen LogP contribution in [0.4, 0.5) is 5.69 Å². The summed E-state index contributed by atoms with van der Waals surface area (Å²) >= 11 is 0. The van der Waals surface area contributed by atoms with E-state index in [0.29, 0.717) is 19.0 Å². The average molecular weight is 423 g/mol. The van der Waals surface area contributed by atoms with Crippen molar-refractivity contribution in [2.24, 2.45) is 0 Å². The summed E-state index contributed by atoms with van der Waals surface area (Å²) in [6.45, 7) is 5.18. The summed E-state index contributed by atoms with van der Waals surface area (Å²) in [5, 5.41) is 0. The topological polar surface area (TPSA) is 83.5 Å². The number of nitrogens with zero attached hydrogens (tertiary/aromatic N) is 1. The van der Waals surface area contributed by atoms with Gasteiger partial charge in [0.1, 0.15) is 0 Å². The summed E-state index contributed by atoms with van der Waals surface area (Å²) in [6, 6.07) is 12.8. The van der Waals surface area contributed by atoms with Gasteiger partial charge in [-0.25, -0.2) is 16.8 Å². The quantitative estimate of drug-likeness (QED) is 0.736. The Morgan fingerprint density at radius 1 is 0.964 bits per heavy atom. The van der Waals surface area contributed by atoms with Crippen molar-refractivity contribution < 1.29 is 16.8 Å². The van der Waals surface area contributed by atoms with Crippen molar-refractivity contribution in [3.05, 3.63) is 54.1 Å². The fraction of sp³-hybridized carbons (Fsp3) is 0.400. The zero-order valence-electron chi connectivity index (χ0n) is 16.1. The van der Waals surface area contributed by atoms with E-state index in [4.69, 9.17) is 0 Å². The first kappa shape index (κ1) is 20.8. The maximum atomic E-state index is 12.7. The molecular weight excluding hydrogens is 396 g/mol. The predicted octanol–water partition coefficient (Wildman–Crippen LogP) is 3.79. The standard InChI is InChI=1S/C20H26N2O4S2/c1-3-16(2)17-9-11-19(12-10-17)27(23,24)21-18-7-6-8-20(15-18)28(25,26)22-13-4-5-14-22/h6-12,15-16,21H,3-5,13-14H2,1-2H3. The van der Waals surface area contributed by atoms with Crippen molar-refractivity contribution in [2.75, 3.05) is 17.8 Å². The second kappa shape index (κ2) is 8.23. The summed E-state index contributed by atoms with van der Waals surface area (Å²) in [4.78, 5) is 0.245. The van der Waals surface area contributed by atoms with E-state index in [-0.39, 0.29) is 15.5 Å². The van der Waals surface area contributed by atoms with Crippen LogP contribution in [0.25, 0.3) is 0 Å². The van der Waals surface area contributed by atoms with Crippen LogP contribution in [-0.4, -0.2) is 34.2 Å². The van der Waals surface area contributed by atoms with Crippen LogP contribution in [0.15, 0.2) is 58.3 Å². The number of hydrogen-bond donors (Lipinski definition) is 1. The van der Waals surface area contributed by atoms with Crippen molar-refractivity contribution in [3.8, 4) is 0 Å². The summed E-state index contributed by atoms with van der Waals surface area (Å²) in [5.41, 5.74) is 1.31. The molecule has 0 radical (unpaired) electrons. The Labute approximate surface area is 167 Å². The zero-order chi connectivity index (χ0) is 20.4. The molecule has 0 aromatic heterocycles. The fourth-order valence-corrected chi connectivity index (χ4v) is 5.84. The molecule has 0 aliphatic carbocycles. The third-order valence-electron chi connectivity index (χ3n) is 5.16. The highest BCUT2D eigenvalue weighted by Crippen LogP contribution is 2.25. The molecule has 3 rings (SSSR count). The van der Waals surface area contributed by atoms with Crippen LogP contribution in [0.5, 0.6) is 0 Å². The van der Waals surface area contributed by atoms with Gasteiger partial charge in [-0.1, -0.05) is 32.0 Å². The van der Waals surface area contributed by atoms with E-state index >= 15 is 0 Å². The molecule has 2 aromatic carbocycles. The summed E-state index contributed by atoms with van der Waals surface area (Å²) < 4.78 is 54.7. The normalized spacial score (nSPS) is 16.8. The van der Waals surface area contributed by atoms with Gasteiger partial charge in [-0.15, -0.1) is 0 Å². The molecule has 28 heavy (non-hydrogen) atoms. The molecule has 0 saturated carbocycles. The largest absolute Gasteiger partial charge is 0.280 e. The number of benzene rings is 2. The minimum atomic E-state index is -3.80. The van der Waals surface area contributed by atoms with Gasteiger partial charge in [0.05, 0.1) is 15.5 Å². The van der Waals surface area contributed by atoms with Crippen molar-refractivity contribution in [2.45, 2.75) is 48.8 Å². The molecule has 152 valence electrons. The van der Waals surface area contributed by atoms with Crippen molar-refractivity contribution >= 4 is 25.7 Å². The van der Waals surface area contributed by atoms with E-state index < -0.39 is 20.0 Å². The maximum Gasteiger partial charge on any atom is 0.261 e. The molecule has 0 spiro atoms. The highest BCUT2D eigenvalue weighted by atomic mass is 32.2. The number of sulfonamides is 2. The number of hydrogen-bond acceptors (Lipinski definition) is 4. The van der Waals surface area contributed by atoms with Crippen molar-refractivity contribution in [3.63, 3.8) is 0 Å². The Bertz CT molecular complexity index is 1030. The molecule has 1 aliphatic rings. The van der Waals surface area contributed by atoms with Crippen LogP contribution in [0.1, 0.15) is 44.6 Å². The molecule has 2 aromatic rings. The molecule has 1 N–H and O–H groups in total. The SMILES string of the molecule is CCC(C)c1ccc(S(=O)(=O)Nc2cccc(S(=O)(=O)N3CCCC3)c2)cc1. The van der Waals surface area contributed by atoms with Gasteiger partial charge < -0.3 is 0 Å². The van der Waals surface area contributed by atoms with Gasteiger partial charge in [0.2, 0.25) is 10.0 Å². The van der Waals surface area contributed by atoms with Gasteiger partial charge in [-0.2, -0.15) is 4.31 Å². The number of nitrogens with one attached hydrogen (secondary N) is 1. The zero-order valence-corrected chi connectivity index (χ0v) is 17.8. The van der Waals surface area contributed by atoms with Gasteiger partial charge in [0.25, 0.3) is 10.0 Å². The fourth-order valence-electron chi connectivity index (χ4n) is 3.22. The Balaban J connectivity index is 1.83. The molecule has 1 saturated heterocycles. The minimum absolute atomic E-state index is 0.0988. The van der Waals surface area contributed by atoms with Crippen molar-refractivity contribution in [1.29, 1.82) is 0 Å². The van der Waals surface area contributed by atoms with Crippen LogP contribution < -0.4 is 4.72 Å². The lowest BCUT2D eigenvalue weighted by atomic mass is 9.99. The molecule has 1 aliphatic heterocycles. The van der Waals surface area contributed by atoms with Crippen LogP contribution >= 0.6 is 0 Å². The van der Waals surface area contributed by atoms with Gasteiger partial charge in [-0.3, -0.25) is 4.72 Å². The van der Waals surface area contributed by atoms with Crippen LogP contribution in [0.2, 0.25) is 0 Å². The molecule has 6 nitrogen and oxygen atoms in total. The van der Waals surface area contributed by atoms with Crippen LogP contribution in [0.3, 0.4) is 0 Å². The first-order chi connectivity index (χ1) is 13.2. The Hall–Kier alpha value is -1.90. The highest BCUT2D eigenvalue weighted by Gasteiger charge is 2.27. The Morgan fingerprint density at radius 3 is 2.21 bits per heavy atom. The van der Waals surface area contributed by atoms with Gasteiger partial charge >= 0.3 is 0 Å². The van der Waals surface area contributed by atoms with E-state index in [2.05, 4.69) is 18.6 Å². The first-order valence-electron chi connectivity index (χ1n) is 9.47. The van der Waals surface area contributed by atoms with E-state index in [1.54, 1.807) is 24.3 Å².